The smallest absolute Gasteiger partial charge is 0.251 e. The number of likely N-dealkylation sites (tertiary alicyclic amines) is 1. The first-order valence-electron chi connectivity index (χ1n) is 8.27. The number of carbonyl (C=O) groups excluding carboxylic acids is 1. The highest BCUT2D eigenvalue weighted by Crippen LogP contribution is 2.28. The minimum atomic E-state index is -2.63. The summed E-state index contributed by atoms with van der Waals surface area (Å²) >= 11 is 0. The summed E-state index contributed by atoms with van der Waals surface area (Å²) in [5, 5.41) is 3.21. The zero-order valence-corrected chi connectivity index (χ0v) is 13.8. The molecule has 7 heteroatoms. The van der Waals surface area contributed by atoms with Gasteiger partial charge in [0.2, 0.25) is 5.91 Å². The molecule has 0 spiro atoms. The molecule has 0 radical (unpaired) electrons. The fraction of sp³-hybridized carbons (Fsp3) is 0.588. The van der Waals surface area contributed by atoms with Crippen molar-refractivity contribution in [1.82, 2.24) is 10.2 Å². The Morgan fingerprint density at radius 2 is 1.88 bits per heavy atom. The van der Waals surface area contributed by atoms with Gasteiger partial charge in [0.25, 0.3) is 5.92 Å². The van der Waals surface area contributed by atoms with E-state index in [1.807, 2.05) is 24.3 Å². The van der Waals surface area contributed by atoms with Crippen LogP contribution in [0.3, 0.4) is 0 Å². The van der Waals surface area contributed by atoms with Crippen LogP contribution in [-0.4, -0.2) is 62.6 Å². The van der Waals surface area contributed by atoms with Gasteiger partial charge < -0.3 is 19.9 Å². The van der Waals surface area contributed by atoms with E-state index in [9.17, 15) is 13.6 Å². The maximum Gasteiger partial charge on any atom is 0.251 e. The maximum atomic E-state index is 13.3. The molecule has 1 aromatic carbocycles. The largest absolute Gasteiger partial charge is 0.497 e. The lowest BCUT2D eigenvalue weighted by atomic mass is 10.0. The Hall–Kier alpha value is -1.89. The molecule has 2 aliphatic heterocycles. The zero-order valence-electron chi connectivity index (χ0n) is 13.8. The second kappa shape index (κ2) is 6.93. The molecule has 2 saturated heterocycles. The van der Waals surface area contributed by atoms with Crippen LogP contribution in [0, 0.1) is 0 Å². The number of carbonyl (C=O) groups is 1. The van der Waals surface area contributed by atoms with E-state index in [0.717, 1.165) is 18.0 Å². The predicted molar refractivity (Wildman–Crippen MR) is 87.8 cm³/mol. The van der Waals surface area contributed by atoms with Crippen molar-refractivity contribution >= 4 is 11.6 Å². The van der Waals surface area contributed by atoms with E-state index in [-0.39, 0.29) is 37.9 Å². The fourth-order valence-corrected chi connectivity index (χ4v) is 3.22. The fourth-order valence-electron chi connectivity index (χ4n) is 3.22. The summed E-state index contributed by atoms with van der Waals surface area (Å²) in [6, 6.07) is 7.36. The molecule has 2 fully saturated rings. The maximum absolute atomic E-state index is 13.3. The van der Waals surface area contributed by atoms with Gasteiger partial charge in [0.15, 0.2) is 0 Å². The van der Waals surface area contributed by atoms with Crippen molar-refractivity contribution in [3.63, 3.8) is 0 Å². The molecule has 2 heterocycles. The van der Waals surface area contributed by atoms with E-state index in [1.54, 1.807) is 12.0 Å². The lowest BCUT2D eigenvalue weighted by molar-refractivity contribution is -0.139. The number of ether oxygens (including phenoxy) is 1. The number of amides is 1. The molecule has 0 bridgehead atoms. The Balaban J connectivity index is 1.61. The van der Waals surface area contributed by atoms with Crippen LogP contribution in [0.15, 0.2) is 24.3 Å². The van der Waals surface area contributed by atoms with Gasteiger partial charge in [-0.05, 0) is 24.3 Å². The summed E-state index contributed by atoms with van der Waals surface area (Å²) in [6.07, 6.45) is -0.485. The van der Waals surface area contributed by atoms with Gasteiger partial charge in [-0.1, -0.05) is 0 Å². The topological polar surface area (TPSA) is 44.8 Å². The Morgan fingerprint density at radius 3 is 2.50 bits per heavy atom. The minimum Gasteiger partial charge on any atom is -0.497 e. The van der Waals surface area contributed by atoms with Crippen molar-refractivity contribution < 1.29 is 18.3 Å². The van der Waals surface area contributed by atoms with Gasteiger partial charge >= 0.3 is 0 Å². The quantitative estimate of drug-likeness (QED) is 0.911. The average molecular weight is 339 g/mol. The standard InChI is InChI=1S/C17H23F2N3O2/c1-24-14-4-2-13(3-5-14)22-11-8-20-15(12-22)16(23)21-9-6-17(18,19)7-10-21/h2-5,15,20H,6-12H2,1H3. The molecule has 132 valence electrons. The van der Waals surface area contributed by atoms with Crippen LogP contribution in [0.2, 0.25) is 0 Å². The van der Waals surface area contributed by atoms with Gasteiger partial charge in [0.1, 0.15) is 11.8 Å². The number of halogens is 2. The SMILES string of the molecule is COc1ccc(N2CCNC(C(=O)N3CCC(F)(F)CC3)C2)cc1. The molecule has 1 amide bonds. The molecule has 1 atom stereocenters. The highest BCUT2D eigenvalue weighted by Gasteiger charge is 2.38. The minimum absolute atomic E-state index is 0.0799. The average Bonchev–Trinajstić information content (AvgIpc) is 2.61. The van der Waals surface area contributed by atoms with E-state index in [2.05, 4.69) is 10.2 Å². The Kier molecular flexibility index (Phi) is 4.89. The first kappa shape index (κ1) is 17.0. The van der Waals surface area contributed by atoms with Crippen LogP contribution in [0.5, 0.6) is 5.75 Å². The lowest BCUT2D eigenvalue weighted by Gasteiger charge is -2.39. The molecule has 24 heavy (non-hydrogen) atoms. The van der Waals surface area contributed by atoms with Crippen LogP contribution in [-0.2, 0) is 4.79 Å². The second-order valence-corrected chi connectivity index (χ2v) is 6.33. The lowest BCUT2D eigenvalue weighted by Crippen LogP contribution is -2.59. The van der Waals surface area contributed by atoms with Gasteiger partial charge in [-0.15, -0.1) is 0 Å². The van der Waals surface area contributed by atoms with Crippen molar-refractivity contribution in [3.8, 4) is 5.75 Å². The number of rotatable bonds is 3. The number of piperidine rings is 1. The van der Waals surface area contributed by atoms with Crippen molar-refractivity contribution in [2.45, 2.75) is 24.8 Å². The molecule has 1 aromatic rings. The van der Waals surface area contributed by atoms with Crippen LogP contribution in [0.25, 0.3) is 0 Å². The summed E-state index contributed by atoms with van der Waals surface area (Å²) < 4.78 is 31.7. The Morgan fingerprint density at radius 1 is 1.21 bits per heavy atom. The van der Waals surface area contributed by atoms with Crippen LogP contribution >= 0.6 is 0 Å². The summed E-state index contributed by atoms with van der Waals surface area (Å²) in [5.41, 5.74) is 1.03. The third-order valence-electron chi connectivity index (χ3n) is 4.72. The molecule has 0 saturated carbocycles. The van der Waals surface area contributed by atoms with Gasteiger partial charge in [-0.2, -0.15) is 0 Å². The Labute approximate surface area is 140 Å². The zero-order chi connectivity index (χ0) is 17.2. The third kappa shape index (κ3) is 3.77. The molecule has 5 nitrogen and oxygen atoms in total. The van der Waals surface area contributed by atoms with Gasteiger partial charge in [-0.25, -0.2) is 8.78 Å². The number of hydrogen-bond acceptors (Lipinski definition) is 4. The third-order valence-corrected chi connectivity index (χ3v) is 4.72. The number of alkyl halides is 2. The Bertz CT molecular complexity index is 570. The number of piperazine rings is 1. The summed E-state index contributed by atoms with van der Waals surface area (Å²) in [6.45, 7) is 2.29. The van der Waals surface area contributed by atoms with Crippen LogP contribution in [0.1, 0.15) is 12.8 Å². The highest BCUT2D eigenvalue weighted by molar-refractivity contribution is 5.83. The molecule has 1 N–H and O–H groups in total. The molecule has 3 rings (SSSR count). The molecule has 0 aromatic heterocycles. The van der Waals surface area contributed by atoms with Crippen molar-refractivity contribution in [2.24, 2.45) is 0 Å². The van der Waals surface area contributed by atoms with E-state index >= 15 is 0 Å². The summed E-state index contributed by atoms with van der Waals surface area (Å²) in [4.78, 5) is 16.3. The van der Waals surface area contributed by atoms with Crippen LogP contribution in [0.4, 0.5) is 14.5 Å². The first-order chi connectivity index (χ1) is 11.5. The van der Waals surface area contributed by atoms with E-state index in [0.29, 0.717) is 13.1 Å². The number of hydrogen-bond donors (Lipinski definition) is 1. The normalized spacial score (nSPS) is 23.9. The molecular formula is C17H23F2N3O2. The van der Waals surface area contributed by atoms with Crippen molar-refractivity contribution in [3.05, 3.63) is 24.3 Å². The molecular weight excluding hydrogens is 316 g/mol. The van der Waals surface area contributed by atoms with Gasteiger partial charge in [0.05, 0.1) is 7.11 Å². The first-order valence-corrected chi connectivity index (χ1v) is 8.27. The van der Waals surface area contributed by atoms with Gasteiger partial charge in [0, 0.05) is 51.3 Å². The predicted octanol–water partition coefficient (Wildman–Crippen LogP) is 1.73. The number of methoxy groups -OCH3 is 1. The van der Waals surface area contributed by atoms with E-state index in [1.165, 1.54) is 0 Å². The number of benzene rings is 1. The van der Waals surface area contributed by atoms with Gasteiger partial charge in [-0.3, -0.25) is 4.79 Å². The highest BCUT2D eigenvalue weighted by atomic mass is 19.3. The molecule has 0 aliphatic carbocycles. The van der Waals surface area contributed by atoms with Crippen molar-refractivity contribution in [1.29, 1.82) is 0 Å². The molecule has 2 aliphatic rings. The molecule has 1 unspecified atom stereocenters. The number of nitrogens with one attached hydrogen (secondary N) is 1. The number of anilines is 1. The van der Waals surface area contributed by atoms with Crippen LogP contribution < -0.4 is 15.0 Å². The van der Waals surface area contributed by atoms with Crippen molar-refractivity contribution in [2.75, 3.05) is 44.7 Å². The number of nitrogens with zero attached hydrogens (tertiary/aromatic N) is 2. The van der Waals surface area contributed by atoms with E-state index in [4.69, 9.17) is 4.74 Å². The van der Waals surface area contributed by atoms with E-state index < -0.39 is 5.92 Å². The second-order valence-electron chi connectivity index (χ2n) is 6.33. The summed E-state index contributed by atoms with van der Waals surface area (Å²) in [7, 11) is 1.62. The summed E-state index contributed by atoms with van der Waals surface area (Å²) in [5.74, 6) is -1.93. The monoisotopic (exact) mass is 339 g/mol.